The lowest BCUT2D eigenvalue weighted by atomic mass is 9.95. The summed E-state index contributed by atoms with van der Waals surface area (Å²) in [6.07, 6.45) is 6.21. The Morgan fingerprint density at radius 2 is 1.64 bits per heavy atom. The van der Waals surface area contributed by atoms with Crippen molar-refractivity contribution in [1.82, 2.24) is 9.21 Å². The van der Waals surface area contributed by atoms with Crippen LogP contribution in [0.25, 0.3) is 0 Å². The van der Waals surface area contributed by atoms with Crippen molar-refractivity contribution in [3.05, 3.63) is 59.2 Å². The molecule has 0 aromatic heterocycles. The first-order valence-corrected chi connectivity index (χ1v) is 13.5. The summed E-state index contributed by atoms with van der Waals surface area (Å²) >= 11 is 0. The van der Waals surface area contributed by atoms with Crippen molar-refractivity contribution in [1.29, 1.82) is 0 Å². The summed E-state index contributed by atoms with van der Waals surface area (Å²) in [5.74, 6) is 0.866. The molecule has 1 aliphatic carbocycles. The molecular weight excluding hydrogens is 436 g/mol. The number of rotatable bonds is 5. The van der Waals surface area contributed by atoms with E-state index in [0.717, 1.165) is 50.0 Å². The SMILES string of the molecule is COc1ccc(C2CCCN2C(=O)C2CCN(S(=O)(=O)c3ccc4c(c3)CCC4)CC2)cc1. The molecule has 1 amide bonds. The van der Waals surface area contributed by atoms with Crippen LogP contribution in [-0.2, 0) is 27.7 Å². The van der Waals surface area contributed by atoms with Crippen LogP contribution in [0, 0.1) is 5.92 Å². The van der Waals surface area contributed by atoms with Gasteiger partial charge in [-0.3, -0.25) is 4.79 Å². The zero-order valence-corrected chi connectivity index (χ0v) is 20.0. The highest BCUT2D eigenvalue weighted by atomic mass is 32.2. The zero-order chi connectivity index (χ0) is 23.0. The maximum Gasteiger partial charge on any atom is 0.243 e. The van der Waals surface area contributed by atoms with Crippen molar-refractivity contribution >= 4 is 15.9 Å². The number of carbonyl (C=O) groups is 1. The summed E-state index contributed by atoms with van der Waals surface area (Å²) in [4.78, 5) is 15.8. The number of fused-ring (bicyclic) bond motifs is 1. The maximum atomic E-state index is 13.4. The molecular formula is C26H32N2O4S. The summed E-state index contributed by atoms with van der Waals surface area (Å²) in [7, 11) is -1.87. The van der Waals surface area contributed by atoms with E-state index in [1.807, 2.05) is 41.3 Å². The van der Waals surface area contributed by atoms with Crippen molar-refractivity contribution in [3.63, 3.8) is 0 Å². The first-order chi connectivity index (χ1) is 16.0. The van der Waals surface area contributed by atoms with Crippen LogP contribution in [0.4, 0.5) is 0 Å². The van der Waals surface area contributed by atoms with Crippen LogP contribution in [-0.4, -0.2) is 50.3 Å². The van der Waals surface area contributed by atoms with Crippen LogP contribution < -0.4 is 4.74 Å². The van der Waals surface area contributed by atoms with Crippen LogP contribution >= 0.6 is 0 Å². The van der Waals surface area contributed by atoms with Crippen LogP contribution in [0.15, 0.2) is 47.4 Å². The number of ether oxygens (including phenoxy) is 1. The second kappa shape index (κ2) is 9.11. The van der Waals surface area contributed by atoms with Gasteiger partial charge in [-0.1, -0.05) is 18.2 Å². The van der Waals surface area contributed by atoms with E-state index in [1.54, 1.807) is 17.5 Å². The molecule has 0 saturated carbocycles. The summed E-state index contributed by atoms with van der Waals surface area (Å²) in [6.45, 7) is 1.57. The van der Waals surface area contributed by atoms with E-state index in [-0.39, 0.29) is 17.9 Å². The lowest BCUT2D eigenvalue weighted by molar-refractivity contribution is -0.137. The number of sulfonamides is 1. The Hall–Kier alpha value is -2.38. The Bertz CT molecular complexity index is 1120. The van der Waals surface area contributed by atoms with Gasteiger partial charge in [0.1, 0.15) is 5.75 Å². The van der Waals surface area contributed by atoms with E-state index in [4.69, 9.17) is 4.74 Å². The number of amides is 1. The van der Waals surface area contributed by atoms with E-state index in [0.29, 0.717) is 30.8 Å². The van der Waals surface area contributed by atoms with E-state index in [2.05, 4.69) is 0 Å². The topological polar surface area (TPSA) is 66.9 Å². The molecule has 2 saturated heterocycles. The summed E-state index contributed by atoms with van der Waals surface area (Å²) < 4.78 is 33.3. The molecule has 7 heteroatoms. The van der Waals surface area contributed by atoms with Gasteiger partial charge in [-0.05, 0) is 85.9 Å². The normalized spacial score (nSPS) is 21.8. The first kappa shape index (κ1) is 22.4. The largest absolute Gasteiger partial charge is 0.497 e. The van der Waals surface area contributed by atoms with E-state index < -0.39 is 10.0 Å². The highest BCUT2D eigenvalue weighted by Crippen LogP contribution is 2.36. The lowest BCUT2D eigenvalue weighted by Crippen LogP contribution is -2.44. The number of hydrogen-bond donors (Lipinski definition) is 0. The molecule has 0 spiro atoms. The van der Waals surface area contributed by atoms with Crippen molar-refractivity contribution in [2.45, 2.75) is 55.9 Å². The molecule has 0 N–H and O–H groups in total. The van der Waals surface area contributed by atoms with Gasteiger partial charge >= 0.3 is 0 Å². The fourth-order valence-electron chi connectivity index (χ4n) is 5.64. The molecule has 2 aromatic rings. The van der Waals surface area contributed by atoms with Gasteiger partial charge in [-0.25, -0.2) is 8.42 Å². The molecule has 176 valence electrons. The number of benzene rings is 2. The molecule has 1 atom stereocenters. The molecule has 5 rings (SSSR count). The number of methoxy groups -OCH3 is 1. The molecule has 33 heavy (non-hydrogen) atoms. The predicted octanol–water partition coefficient (Wildman–Crippen LogP) is 3.95. The van der Waals surface area contributed by atoms with Gasteiger partial charge in [0, 0.05) is 25.6 Å². The van der Waals surface area contributed by atoms with Crippen molar-refractivity contribution in [2.75, 3.05) is 26.7 Å². The number of hydrogen-bond acceptors (Lipinski definition) is 4. The number of nitrogens with zero attached hydrogens (tertiary/aromatic N) is 2. The third kappa shape index (κ3) is 4.28. The van der Waals surface area contributed by atoms with Crippen molar-refractivity contribution < 1.29 is 17.9 Å². The Balaban J connectivity index is 1.24. The van der Waals surface area contributed by atoms with Gasteiger partial charge in [-0.2, -0.15) is 4.31 Å². The van der Waals surface area contributed by atoms with Crippen LogP contribution in [0.1, 0.15) is 54.8 Å². The maximum absolute atomic E-state index is 13.4. The Kier molecular flexibility index (Phi) is 6.18. The summed E-state index contributed by atoms with van der Waals surface area (Å²) in [6, 6.07) is 13.6. The van der Waals surface area contributed by atoms with Gasteiger partial charge < -0.3 is 9.64 Å². The highest BCUT2D eigenvalue weighted by Gasteiger charge is 2.37. The van der Waals surface area contributed by atoms with Gasteiger partial charge in [-0.15, -0.1) is 0 Å². The molecule has 2 aromatic carbocycles. The monoisotopic (exact) mass is 468 g/mol. The van der Waals surface area contributed by atoms with E-state index >= 15 is 0 Å². The number of piperidine rings is 1. The predicted molar refractivity (Wildman–Crippen MR) is 127 cm³/mol. The number of likely N-dealkylation sites (tertiary alicyclic amines) is 1. The molecule has 6 nitrogen and oxygen atoms in total. The summed E-state index contributed by atoms with van der Waals surface area (Å²) in [5.41, 5.74) is 3.58. The van der Waals surface area contributed by atoms with Gasteiger partial charge in [0.25, 0.3) is 0 Å². The smallest absolute Gasteiger partial charge is 0.243 e. The Labute approximate surface area is 196 Å². The molecule has 2 aliphatic heterocycles. The van der Waals surface area contributed by atoms with Crippen molar-refractivity contribution in [3.8, 4) is 5.75 Å². The van der Waals surface area contributed by atoms with Crippen LogP contribution in [0.5, 0.6) is 5.75 Å². The fourth-order valence-corrected chi connectivity index (χ4v) is 7.16. The summed E-state index contributed by atoms with van der Waals surface area (Å²) in [5, 5.41) is 0. The average molecular weight is 469 g/mol. The second-order valence-corrected chi connectivity index (χ2v) is 11.4. The van der Waals surface area contributed by atoms with E-state index in [1.165, 1.54) is 11.1 Å². The molecule has 1 unspecified atom stereocenters. The first-order valence-electron chi connectivity index (χ1n) is 12.0. The number of carbonyl (C=O) groups excluding carboxylic acids is 1. The van der Waals surface area contributed by atoms with Crippen molar-refractivity contribution in [2.24, 2.45) is 5.92 Å². The molecule has 2 heterocycles. The van der Waals surface area contributed by atoms with Crippen LogP contribution in [0.3, 0.4) is 0 Å². The molecule has 2 fully saturated rings. The Morgan fingerprint density at radius 1 is 0.909 bits per heavy atom. The minimum Gasteiger partial charge on any atom is -0.497 e. The molecule has 0 radical (unpaired) electrons. The quantitative estimate of drug-likeness (QED) is 0.667. The molecule has 0 bridgehead atoms. The highest BCUT2D eigenvalue weighted by molar-refractivity contribution is 7.89. The fraction of sp³-hybridized carbons (Fsp3) is 0.500. The third-order valence-corrected chi connectivity index (χ3v) is 9.44. The lowest BCUT2D eigenvalue weighted by Gasteiger charge is -2.34. The Morgan fingerprint density at radius 3 is 2.36 bits per heavy atom. The third-order valence-electron chi connectivity index (χ3n) is 7.55. The van der Waals surface area contributed by atoms with Gasteiger partial charge in [0.15, 0.2) is 0 Å². The van der Waals surface area contributed by atoms with E-state index in [9.17, 15) is 13.2 Å². The standard InChI is InChI=1S/C26H32N2O4S/c1-32-23-10-7-20(8-11-23)25-6-3-15-28(25)26(29)21-13-16-27(17-14-21)33(30,31)24-12-9-19-4-2-5-22(19)18-24/h7-12,18,21,25H,2-6,13-17H2,1H3. The minimum atomic E-state index is -3.52. The van der Waals surface area contributed by atoms with Gasteiger partial charge in [0.05, 0.1) is 18.0 Å². The van der Waals surface area contributed by atoms with Gasteiger partial charge in [0.2, 0.25) is 15.9 Å². The minimum absolute atomic E-state index is 0.0941. The average Bonchev–Trinajstić information content (AvgIpc) is 3.53. The van der Waals surface area contributed by atoms with Crippen LogP contribution in [0.2, 0.25) is 0 Å². The molecule has 3 aliphatic rings. The second-order valence-electron chi connectivity index (χ2n) is 9.43. The number of aryl methyl sites for hydroxylation is 2. The zero-order valence-electron chi connectivity index (χ0n) is 19.2.